The third-order valence-electron chi connectivity index (χ3n) is 3.36. The lowest BCUT2D eigenvalue weighted by atomic mass is 9.95. The van der Waals surface area contributed by atoms with Crippen LogP contribution in [0.15, 0.2) is 18.2 Å². The molecule has 1 aromatic carbocycles. The molecule has 0 bridgehead atoms. The third-order valence-corrected chi connectivity index (χ3v) is 3.36. The van der Waals surface area contributed by atoms with Crippen LogP contribution in [0.5, 0.6) is 0 Å². The number of ether oxygens (including phenoxy) is 2. The molecule has 0 unspecified atom stereocenters. The summed E-state index contributed by atoms with van der Waals surface area (Å²) < 4.78 is 36.0. The molecular weight excluding hydrogens is 368 g/mol. The Hall–Kier alpha value is -3.04. The highest BCUT2D eigenvalue weighted by molar-refractivity contribution is 5.98. The molecule has 148 valence electrons. The first-order valence-electron chi connectivity index (χ1n) is 8.01. The molecule has 0 aromatic heterocycles. The van der Waals surface area contributed by atoms with Crippen molar-refractivity contribution in [2.75, 3.05) is 13.2 Å². The molecular formula is C17H19F2NO7. The maximum atomic E-state index is 13.3. The van der Waals surface area contributed by atoms with Crippen LogP contribution >= 0.6 is 0 Å². The Morgan fingerprint density at radius 3 is 2.07 bits per heavy atom. The summed E-state index contributed by atoms with van der Waals surface area (Å²) >= 11 is 0. The lowest BCUT2D eigenvalue weighted by Gasteiger charge is -2.22. The van der Waals surface area contributed by atoms with E-state index in [1.807, 2.05) is 5.32 Å². The molecule has 0 fully saturated rings. The summed E-state index contributed by atoms with van der Waals surface area (Å²) in [6, 6.07) is 0.0461. The van der Waals surface area contributed by atoms with Crippen molar-refractivity contribution in [3.05, 3.63) is 35.4 Å². The molecule has 10 heteroatoms. The number of halogens is 2. The van der Waals surface area contributed by atoms with Crippen molar-refractivity contribution in [1.29, 1.82) is 0 Å². The Morgan fingerprint density at radius 1 is 1.04 bits per heavy atom. The number of rotatable bonds is 9. The molecule has 1 amide bonds. The van der Waals surface area contributed by atoms with Gasteiger partial charge in [0.15, 0.2) is 0 Å². The van der Waals surface area contributed by atoms with Crippen LogP contribution in [0.25, 0.3) is 0 Å². The van der Waals surface area contributed by atoms with E-state index in [0.717, 1.165) is 0 Å². The fourth-order valence-corrected chi connectivity index (χ4v) is 2.23. The highest BCUT2D eigenvalue weighted by Gasteiger charge is 2.38. The summed E-state index contributed by atoms with van der Waals surface area (Å²) in [4.78, 5) is 47.5. The van der Waals surface area contributed by atoms with Crippen molar-refractivity contribution >= 4 is 23.8 Å². The molecule has 0 aliphatic carbocycles. The number of benzene rings is 1. The van der Waals surface area contributed by atoms with Gasteiger partial charge in [0.1, 0.15) is 17.7 Å². The number of carbonyl (C=O) groups is 4. The van der Waals surface area contributed by atoms with Gasteiger partial charge in [-0.2, -0.15) is 0 Å². The van der Waals surface area contributed by atoms with Crippen LogP contribution in [0.1, 0.15) is 30.6 Å². The molecule has 0 radical (unpaired) electrons. The number of hydrogen-bond donors (Lipinski definition) is 2. The zero-order valence-electron chi connectivity index (χ0n) is 14.7. The number of aliphatic carboxylic acids is 1. The van der Waals surface area contributed by atoms with Crippen LogP contribution in [0.3, 0.4) is 0 Å². The molecule has 1 rings (SSSR count). The van der Waals surface area contributed by atoms with Gasteiger partial charge < -0.3 is 19.9 Å². The molecule has 0 saturated carbocycles. The predicted molar refractivity (Wildman–Crippen MR) is 86.6 cm³/mol. The first-order chi connectivity index (χ1) is 12.7. The second-order valence-corrected chi connectivity index (χ2v) is 5.32. The third kappa shape index (κ3) is 6.65. The maximum Gasteiger partial charge on any atom is 0.327 e. The summed E-state index contributed by atoms with van der Waals surface area (Å²) in [5.41, 5.74) is -0.488. The summed E-state index contributed by atoms with van der Waals surface area (Å²) in [7, 11) is 0. The average Bonchev–Trinajstić information content (AvgIpc) is 2.57. The number of carboxylic acids is 1. The lowest BCUT2D eigenvalue weighted by molar-refractivity contribution is -0.159. The first kappa shape index (κ1) is 22.0. The van der Waals surface area contributed by atoms with Crippen LogP contribution in [-0.2, 0) is 23.9 Å². The maximum absolute atomic E-state index is 13.3. The quantitative estimate of drug-likeness (QED) is 0.613. The molecule has 0 aliphatic rings. The summed E-state index contributed by atoms with van der Waals surface area (Å²) in [5.74, 6) is -8.36. The lowest BCUT2D eigenvalue weighted by Crippen LogP contribution is -2.49. The van der Waals surface area contributed by atoms with E-state index in [4.69, 9.17) is 9.47 Å². The zero-order valence-corrected chi connectivity index (χ0v) is 14.7. The van der Waals surface area contributed by atoms with E-state index >= 15 is 0 Å². The normalized spacial score (nSPS) is 12.6. The van der Waals surface area contributed by atoms with Gasteiger partial charge in [-0.25, -0.2) is 13.6 Å². The van der Waals surface area contributed by atoms with E-state index < -0.39 is 59.4 Å². The monoisotopic (exact) mass is 387 g/mol. The summed E-state index contributed by atoms with van der Waals surface area (Å²) in [6.07, 6.45) is -0.665. The standard InChI is InChI=1S/C17H19F2NO7/c1-3-26-13(21)8-12(17(25)27-4-2)14(16(23)24)20-15(22)9-5-10(18)7-11(19)6-9/h5-7,12,14H,3-4,8H2,1-2H3,(H,20,22)(H,23,24)/t12-,14-/m1/s1. The summed E-state index contributed by atoms with van der Waals surface area (Å²) in [5, 5.41) is 11.4. The van der Waals surface area contributed by atoms with Crippen LogP contribution in [0.4, 0.5) is 8.78 Å². The van der Waals surface area contributed by atoms with Gasteiger partial charge in [0.2, 0.25) is 0 Å². The number of esters is 2. The van der Waals surface area contributed by atoms with Crippen LogP contribution < -0.4 is 5.32 Å². The molecule has 2 atom stereocenters. The average molecular weight is 387 g/mol. The van der Waals surface area contributed by atoms with Gasteiger partial charge in [-0.15, -0.1) is 0 Å². The topological polar surface area (TPSA) is 119 Å². The van der Waals surface area contributed by atoms with Gasteiger partial charge >= 0.3 is 17.9 Å². The van der Waals surface area contributed by atoms with Gasteiger partial charge in [-0.1, -0.05) is 0 Å². The van der Waals surface area contributed by atoms with Gasteiger partial charge in [-0.3, -0.25) is 14.4 Å². The van der Waals surface area contributed by atoms with Gasteiger partial charge in [-0.05, 0) is 26.0 Å². The predicted octanol–water partition coefficient (Wildman–Crippen LogP) is 1.28. The van der Waals surface area contributed by atoms with Crippen LogP contribution in [-0.4, -0.2) is 48.2 Å². The minimum Gasteiger partial charge on any atom is -0.480 e. The van der Waals surface area contributed by atoms with Crippen LogP contribution in [0.2, 0.25) is 0 Å². The van der Waals surface area contributed by atoms with Crippen LogP contribution in [0, 0.1) is 17.6 Å². The molecule has 8 nitrogen and oxygen atoms in total. The Bertz CT molecular complexity index is 703. The Kier molecular flexibility index (Phi) is 8.31. The molecule has 27 heavy (non-hydrogen) atoms. The zero-order chi connectivity index (χ0) is 20.6. The minimum atomic E-state index is -1.88. The molecule has 0 heterocycles. The van der Waals surface area contributed by atoms with Crippen molar-refractivity contribution in [1.82, 2.24) is 5.32 Å². The van der Waals surface area contributed by atoms with E-state index in [-0.39, 0.29) is 13.2 Å². The number of carboxylic acid groups (broad SMARTS) is 1. The molecule has 2 N–H and O–H groups in total. The molecule has 0 saturated heterocycles. The minimum absolute atomic E-state index is 0.00104. The van der Waals surface area contributed by atoms with E-state index in [0.29, 0.717) is 18.2 Å². The Balaban J connectivity index is 3.11. The fourth-order valence-electron chi connectivity index (χ4n) is 2.23. The first-order valence-corrected chi connectivity index (χ1v) is 8.01. The van der Waals surface area contributed by atoms with Crippen molar-refractivity contribution in [2.45, 2.75) is 26.3 Å². The number of amides is 1. The van der Waals surface area contributed by atoms with Crippen molar-refractivity contribution in [2.24, 2.45) is 5.92 Å². The van der Waals surface area contributed by atoms with E-state index in [2.05, 4.69) is 0 Å². The number of nitrogens with one attached hydrogen (secondary N) is 1. The number of hydrogen-bond acceptors (Lipinski definition) is 6. The molecule has 0 aliphatic heterocycles. The van der Waals surface area contributed by atoms with E-state index in [1.54, 1.807) is 0 Å². The number of carbonyl (C=O) groups excluding carboxylic acids is 3. The second-order valence-electron chi connectivity index (χ2n) is 5.32. The SMILES string of the molecule is CCOC(=O)C[C@@H](C(=O)OCC)[C@@H](NC(=O)c1cc(F)cc(F)c1)C(=O)O. The van der Waals surface area contributed by atoms with Gasteiger partial charge in [0, 0.05) is 11.6 Å². The Labute approximate surface area is 153 Å². The smallest absolute Gasteiger partial charge is 0.327 e. The highest BCUT2D eigenvalue weighted by atomic mass is 19.1. The van der Waals surface area contributed by atoms with E-state index in [9.17, 15) is 33.1 Å². The molecule has 0 spiro atoms. The van der Waals surface area contributed by atoms with Crippen molar-refractivity contribution in [3.8, 4) is 0 Å². The van der Waals surface area contributed by atoms with Crippen molar-refractivity contribution in [3.63, 3.8) is 0 Å². The Morgan fingerprint density at radius 2 is 1.59 bits per heavy atom. The van der Waals surface area contributed by atoms with Gasteiger partial charge in [0.05, 0.1) is 25.6 Å². The van der Waals surface area contributed by atoms with Gasteiger partial charge in [0.25, 0.3) is 5.91 Å². The largest absolute Gasteiger partial charge is 0.480 e. The highest BCUT2D eigenvalue weighted by Crippen LogP contribution is 2.16. The fraction of sp³-hybridized carbons (Fsp3) is 0.412. The van der Waals surface area contributed by atoms with E-state index in [1.165, 1.54) is 13.8 Å². The molecule has 1 aromatic rings. The second kappa shape index (κ2) is 10.2. The van der Waals surface area contributed by atoms with Crippen molar-refractivity contribution < 1.29 is 42.5 Å². The summed E-state index contributed by atoms with van der Waals surface area (Å²) in [6.45, 7) is 2.91.